The van der Waals surface area contributed by atoms with Gasteiger partial charge >= 0.3 is 0 Å². The standard InChI is InChI=1S/C21H21N3O2/c1-3-25-18-10-9-17(21(12-18)26-4-2)11-16(13-22)14-24-15-23-19-7-5-6-8-20(19)24/h5-12,15H,3-4,14H2,1-2H3/b16-11-. The number of imidazole rings is 1. The Morgan fingerprint density at radius 1 is 1.15 bits per heavy atom. The topological polar surface area (TPSA) is 60.1 Å². The summed E-state index contributed by atoms with van der Waals surface area (Å²) < 4.78 is 13.2. The van der Waals surface area contributed by atoms with Gasteiger partial charge in [0, 0.05) is 11.6 Å². The molecule has 1 aromatic heterocycles. The molecule has 0 amide bonds. The quantitative estimate of drug-likeness (QED) is 0.593. The Kier molecular flexibility index (Phi) is 5.55. The van der Waals surface area contributed by atoms with Gasteiger partial charge in [-0.25, -0.2) is 4.98 Å². The van der Waals surface area contributed by atoms with Crippen molar-refractivity contribution in [2.75, 3.05) is 13.2 Å². The van der Waals surface area contributed by atoms with Gasteiger partial charge in [-0.2, -0.15) is 5.26 Å². The summed E-state index contributed by atoms with van der Waals surface area (Å²) in [5.74, 6) is 1.47. The summed E-state index contributed by atoms with van der Waals surface area (Å²) in [6.45, 7) is 5.47. The first kappa shape index (κ1) is 17.6. The van der Waals surface area contributed by atoms with Gasteiger partial charge in [-0.15, -0.1) is 0 Å². The largest absolute Gasteiger partial charge is 0.494 e. The maximum Gasteiger partial charge on any atom is 0.130 e. The van der Waals surface area contributed by atoms with Crippen molar-refractivity contribution in [2.24, 2.45) is 0 Å². The van der Waals surface area contributed by atoms with E-state index in [9.17, 15) is 5.26 Å². The number of fused-ring (bicyclic) bond motifs is 1. The molecule has 0 spiro atoms. The summed E-state index contributed by atoms with van der Waals surface area (Å²) in [6.07, 6.45) is 3.62. The molecule has 3 aromatic rings. The van der Waals surface area contributed by atoms with Crippen LogP contribution in [-0.4, -0.2) is 22.8 Å². The molecule has 26 heavy (non-hydrogen) atoms. The molecule has 0 aliphatic rings. The molecule has 132 valence electrons. The number of nitrogens with zero attached hydrogens (tertiary/aromatic N) is 3. The van der Waals surface area contributed by atoms with Crippen molar-refractivity contribution in [3.63, 3.8) is 0 Å². The van der Waals surface area contributed by atoms with Crippen LogP contribution in [0.3, 0.4) is 0 Å². The average molecular weight is 347 g/mol. The Morgan fingerprint density at radius 3 is 2.73 bits per heavy atom. The van der Waals surface area contributed by atoms with Crippen molar-refractivity contribution < 1.29 is 9.47 Å². The van der Waals surface area contributed by atoms with E-state index in [-0.39, 0.29) is 0 Å². The first-order valence-electron chi connectivity index (χ1n) is 8.65. The van der Waals surface area contributed by atoms with Gasteiger partial charge in [0.25, 0.3) is 0 Å². The second-order valence-corrected chi connectivity index (χ2v) is 5.71. The molecular formula is C21H21N3O2. The van der Waals surface area contributed by atoms with Gasteiger partial charge in [0.2, 0.25) is 0 Å². The van der Waals surface area contributed by atoms with Crippen LogP contribution < -0.4 is 9.47 Å². The minimum Gasteiger partial charge on any atom is -0.494 e. The molecule has 0 saturated heterocycles. The Bertz CT molecular complexity index is 967. The SMILES string of the molecule is CCOc1ccc(/C=C(/C#N)Cn2cnc3ccccc32)c(OCC)c1. The summed E-state index contributed by atoms with van der Waals surface area (Å²) in [5, 5.41) is 9.60. The fourth-order valence-corrected chi connectivity index (χ4v) is 2.79. The molecule has 2 aromatic carbocycles. The second-order valence-electron chi connectivity index (χ2n) is 5.71. The zero-order valence-electron chi connectivity index (χ0n) is 15.0. The molecule has 0 radical (unpaired) electrons. The third-order valence-electron chi connectivity index (χ3n) is 3.94. The minimum atomic E-state index is 0.454. The third kappa shape index (κ3) is 3.86. The van der Waals surface area contributed by atoms with Crippen LogP contribution >= 0.6 is 0 Å². The Morgan fingerprint density at radius 2 is 1.96 bits per heavy atom. The van der Waals surface area contributed by atoms with Gasteiger partial charge < -0.3 is 14.0 Å². The van der Waals surface area contributed by atoms with Gasteiger partial charge in [0.15, 0.2) is 0 Å². The van der Waals surface area contributed by atoms with Crippen molar-refractivity contribution in [1.29, 1.82) is 5.26 Å². The zero-order chi connectivity index (χ0) is 18.4. The molecule has 1 heterocycles. The molecule has 5 heteroatoms. The van der Waals surface area contributed by atoms with Crippen LogP contribution in [0.4, 0.5) is 0 Å². The van der Waals surface area contributed by atoms with Gasteiger partial charge in [0.05, 0.1) is 48.8 Å². The van der Waals surface area contributed by atoms with Crippen LogP contribution in [0, 0.1) is 11.3 Å². The van der Waals surface area contributed by atoms with Crippen LogP contribution in [0.25, 0.3) is 17.1 Å². The van der Waals surface area contributed by atoms with Gasteiger partial charge in [-0.3, -0.25) is 0 Å². The maximum absolute atomic E-state index is 9.60. The predicted molar refractivity (Wildman–Crippen MR) is 102 cm³/mol. The van der Waals surface area contributed by atoms with E-state index in [1.807, 2.05) is 67.0 Å². The van der Waals surface area contributed by atoms with E-state index >= 15 is 0 Å². The summed E-state index contributed by atoms with van der Waals surface area (Å²) in [6, 6.07) is 15.8. The normalized spacial score (nSPS) is 11.3. The van der Waals surface area contributed by atoms with E-state index in [2.05, 4.69) is 11.1 Å². The highest BCUT2D eigenvalue weighted by atomic mass is 16.5. The number of nitriles is 1. The van der Waals surface area contributed by atoms with Gasteiger partial charge in [-0.05, 0) is 44.2 Å². The number of ether oxygens (including phenoxy) is 2. The lowest BCUT2D eigenvalue weighted by atomic mass is 10.1. The lowest BCUT2D eigenvalue weighted by Crippen LogP contribution is -2.00. The summed E-state index contributed by atoms with van der Waals surface area (Å²) in [4.78, 5) is 4.38. The van der Waals surface area contributed by atoms with Gasteiger partial charge in [0.1, 0.15) is 11.5 Å². The molecule has 5 nitrogen and oxygen atoms in total. The second kappa shape index (κ2) is 8.21. The number of para-hydroxylation sites is 2. The van der Waals surface area contributed by atoms with Crippen molar-refractivity contribution in [3.05, 3.63) is 59.9 Å². The van der Waals surface area contributed by atoms with Crippen molar-refractivity contribution in [3.8, 4) is 17.6 Å². The number of hydrogen-bond donors (Lipinski definition) is 0. The van der Waals surface area contributed by atoms with Gasteiger partial charge in [-0.1, -0.05) is 12.1 Å². The number of benzene rings is 2. The number of rotatable bonds is 7. The summed E-state index contributed by atoms with van der Waals surface area (Å²) in [7, 11) is 0. The predicted octanol–water partition coefficient (Wildman–Crippen LogP) is 4.44. The molecular weight excluding hydrogens is 326 g/mol. The molecule has 0 saturated carbocycles. The number of allylic oxidation sites excluding steroid dienone is 1. The molecule has 0 atom stereocenters. The summed E-state index contributed by atoms with van der Waals surface area (Å²) in [5.41, 5.74) is 3.40. The van der Waals surface area contributed by atoms with E-state index in [0.29, 0.717) is 31.1 Å². The third-order valence-corrected chi connectivity index (χ3v) is 3.94. The highest BCUT2D eigenvalue weighted by Gasteiger charge is 2.08. The average Bonchev–Trinajstić information content (AvgIpc) is 3.06. The minimum absolute atomic E-state index is 0.454. The van der Waals surface area contributed by atoms with Crippen LogP contribution in [0.1, 0.15) is 19.4 Å². The first-order chi connectivity index (χ1) is 12.7. The molecule has 0 N–H and O–H groups in total. The highest BCUT2D eigenvalue weighted by molar-refractivity contribution is 5.75. The summed E-state index contributed by atoms with van der Waals surface area (Å²) >= 11 is 0. The Hall–Kier alpha value is -3.26. The number of aromatic nitrogens is 2. The fourth-order valence-electron chi connectivity index (χ4n) is 2.79. The molecule has 0 aliphatic carbocycles. The smallest absolute Gasteiger partial charge is 0.130 e. The van der Waals surface area contributed by atoms with E-state index in [1.54, 1.807) is 6.33 Å². The van der Waals surface area contributed by atoms with Crippen LogP contribution in [0.15, 0.2) is 54.4 Å². The molecule has 0 fully saturated rings. The van der Waals surface area contributed by atoms with E-state index in [4.69, 9.17) is 9.47 Å². The monoisotopic (exact) mass is 347 g/mol. The fraction of sp³-hybridized carbons (Fsp3) is 0.238. The van der Waals surface area contributed by atoms with Crippen LogP contribution in [0.5, 0.6) is 11.5 Å². The molecule has 0 unspecified atom stereocenters. The number of hydrogen-bond acceptors (Lipinski definition) is 4. The van der Waals surface area contributed by atoms with E-state index in [1.165, 1.54) is 0 Å². The Labute approximate surface area is 153 Å². The van der Waals surface area contributed by atoms with E-state index < -0.39 is 0 Å². The van der Waals surface area contributed by atoms with Crippen LogP contribution in [0.2, 0.25) is 0 Å². The first-order valence-corrected chi connectivity index (χ1v) is 8.65. The lowest BCUT2D eigenvalue weighted by Gasteiger charge is -2.11. The van der Waals surface area contributed by atoms with Crippen molar-refractivity contribution in [1.82, 2.24) is 9.55 Å². The Balaban J connectivity index is 1.92. The van der Waals surface area contributed by atoms with E-state index in [0.717, 1.165) is 22.3 Å². The highest BCUT2D eigenvalue weighted by Crippen LogP contribution is 2.27. The van der Waals surface area contributed by atoms with Crippen molar-refractivity contribution >= 4 is 17.1 Å². The molecule has 0 aliphatic heterocycles. The van der Waals surface area contributed by atoms with Crippen molar-refractivity contribution in [2.45, 2.75) is 20.4 Å². The zero-order valence-corrected chi connectivity index (χ0v) is 15.0. The lowest BCUT2D eigenvalue weighted by molar-refractivity contribution is 0.322. The maximum atomic E-state index is 9.60. The molecule has 0 bridgehead atoms. The molecule has 3 rings (SSSR count). The van der Waals surface area contributed by atoms with Crippen LogP contribution in [-0.2, 0) is 6.54 Å².